The Balaban J connectivity index is 1.53. The normalized spacial score (nSPS) is 19.3. The lowest BCUT2D eigenvalue weighted by Crippen LogP contribution is -2.24. The minimum Gasteiger partial charge on any atom is -0.325 e. The van der Waals surface area contributed by atoms with Gasteiger partial charge in [-0.1, -0.05) is 0 Å². The summed E-state index contributed by atoms with van der Waals surface area (Å²) in [5.41, 5.74) is 8.85. The van der Waals surface area contributed by atoms with Crippen LogP contribution in [0.15, 0.2) is 0 Å². The first kappa shape index (κ1) is 24.1. The Kier molecular flexibility index (Phi) is 4.12. The second-order valence-electron chi connectivity index (χ2n) is 13.3. The van der Waals surface area contributed by atoms with Crippen LogP contribution in [0, 0.1) is 0 Å². The van der Waals surface area contributed by atoms with Gasteiger partial charge < -0.3 is 26.6 Å². The van der Waals surface area contributed by atoms with Gasteiger partial charge in [0.1, 0.15) is 0 Å². The predicted molar refractivity (Wildman–Crippen MR) is 172 cm³/mol. The molecule has 0 aliphatic carbocycles. The monoisotopic (exact) mass is 595 g/mol. The molecule has 10 heteroatoms. The number of amides is 5. The zero-order valence-corrected chi connectivity index (χ0v) is 24.1. The Hall–Kier alpha value is -5.25. The van der Waals surface area contributed by atoms with Crippen LogP contribution in [0.3, 0.4) is 0 Å². The van der Waals surface area contributed by atoms with E-state index in [1.165, 1.54) is 0 Å². The molecule has 5 amide bonds. The Morgan fingerprint density at radius 1 is 0.244 bits per heavy atom. The molecule has 0 spiro atoms. The molecule has 6 aromatic carbocycles. The molecule has 6 aromatic rings. The highest BCUT2D eigenvalue weighted by Crippen LogP contribution is 2.62. The topological polar surface area (TPSA) is 146 Å². The molecule has 5 aliphatic rings. The van der Waals surface area contributed by atoms with Gasteiger partial charge in [-0.15, -0.1) is 0 Å². The number of hydrogen-bond acceptors (Lipinski definition) is 5. The molecule has 5 heterocycles. The average molecular weight is 596 g/mol. The second kappa shape index (κ2) is 7.69. The van der Waals surface area contributed by atoms with Gasteiger partial charge in [-0.2, -0.15) is 0 Å². The van der Waals surface area contributed by atoms with Crippen molar-refractivity contribution in [2.24, 2.45) is 0 Å². The summed E-state index contributed by atoms with van der Waals surface area (Å²) in [6.45, 7) is 0. The largest absolute Gasteiger partial charge is 0.325 e. The van der Waals surface area contributed by atoms with Crippen molar-refractivity contribution in [1.82, 2.24) is 0 Å². The summed E-state index contributed by atoms with van der Waals surface area (Å²) >= 11 is 0. The summed E-state index contributed by atoms with van der Waals surface area (Å²) in [5, 5.41) is 26.1. The summed E-state index contributed by atoms with van der Waals surface area (Å²) in [4.78, 5) is 65.2. The highest BCUT2D eigenvalue weighted by Gasteiger charge is 2.40. The third-order valence-electron chi connectivity index (χ3n) is 11.1. The van der Waals surface area contributed by atoms with Crippen molar-refractivity contribution in [1.29, 1.82) is 0 Å². The van der Waals surface area contributed by atoms with Gasteiger partial charge in [0, 0.05) is 86.0 Å². The van der Waals surface area contributed by atoms with Crippen molar-refractivity contribution < 1.29 is 24.0 Å². The lowest BCUT2D eigenvalue weighted by molar-refractivity contribution is -0.117. The molecule has 0 aromatic heterocycles. The van der Waals surface area contributed by atoms with E-state index in [1.54, 1.807) is 0 Å². The molecule has 11 rings (SSSR count). The fourth-order valence-electron chi connectivity index (χ4n) is 9.53. The van der Waals surface area contributed by atoms with Crippen molar-refractivity contribution in [3.05, 3.63) is 27.8 Å². The minimum atomic E-state index is -0.0518. The van der Waals surface area contributed by atoms with E-state index >= 15 is 0 Å². The minimum absolute atomic E-state index is 0.0518. The summed E-state index contributed by atoms with van der Waals surface area (Å²) in [7, 11) is 0. The SMILES string of the molecule is O=C1CCc2c(c3c4c(c5c6c(c7c8c(c9c%10c(c2c2c3c5c7c92)NC(=O)CC%10)NC(=O)CC8)NC(=O)CC6)NC(=O)CC4)N1. The Labute approximate surface area is 254 Å². The number of aryl methyl sites for hydroxylation is 5. The summed E-state index contributed by atoms with van der Waals surface area (Å²) in [5.74, 6) is -0.259. The van der Waals surface area contributed by atoms with Crippen LogP contribution in [-0.2, 0) is 56.1 Å². The van der Waals surface area contributed by atoms with Crippen molar-refractivity contribution in [2.45, 2.75) is 64.2 Å². The number of carbonyl (C=O) groups is 5. The molecular weight excluding hydrogens is 570 g/mol. The van der Waals surface area contributed by atoms with Crippen molar-refractivity contribution in [3.8, 4) is 0 Å². The van der Waals surface area contributed by atoms with Gasteiger partial charge in [0.2, 0.25) is 29.5 Å². The predicted octanol–water partition coefficient (Wildman–Crippen LogP) is 5.19. The smallest absolute Gasteiger partial charge is 0.224 e. The first-order valence-electron chi connectivity index (χ1n) is 15.8. The third-order valence-corrected chi connectivity index (χ3v) is 11.1. The van der Waals surface area contributed by atoms with E-state index in [2.05, 4.69) is 26.6 Å². The van der Waals surface area contributed by atoms with Crippen LogP contribution in [0.5, 0.6) is 0 Å². The van der Waals surface area contributed by atoms with Crippen molar-refractivity contribution in [3.63, 3.8) is 0 Å². The van der Waals surface area contributed by atoms with Crippen molar-refractivity contribution in [2.75, 3.05) is 26.6 Å². The van der Waals surface area contributed by atoms with E-state index in [-0.39, 0.29) is 29.5 Å². The number of rotatable bonds is 0. The molecule has 0 saturated carbocycles. The lowest BCUT2D eigenvalue weighted by atomic mass is 9.81. The van der Waals surface area contributed by atoms with E-state index in [9.17, 15) is 24.0 Å². The molecular formula is C35H25N5O5. The molecule has 0 fully saturated rings. The molecule has 0 bridgehead atoms. The standard InChI is InChI=1S/C35H25N5O5/c41-16-6-1-11-21-26-27-22(31(11)36-16)12-2-7-18(43)38-33(12)24-14-4-9-20(45)40-35(14)25-15-5-10-19(44)39-34(15)23(28(26)30(25)29(24)27)13-3-8-17(42)37-32(13)21/h1-10H2,(H,36,41)(H,37,42)(H,38,43)(H,39,44)(H,40,45). The van der Waals surface area contributed by atoms with E-state index in [4.69, 9.17) is 0 Å². The quantitative estimate of drug-likeness (QED) is 0.154. The summed E-state index contributed by atoms with van der Waals surface area (Å²) in [6.07, 6.45) is 4.27. The molecule has 0 atom stereocenters. The number of hydrogen-bond donors (Lipinski definition) is 5. The number of benzene rings is 5. The molecule has 5 aliphatic heterocycles. The lowest BCUT2D eigenvalue weighted by Gasteiger charge is -2.30. The average Bonchev–Trinajstić information content (AvgIpc) is 3.36. The molecule has 10 nitrogen and oxygen atoms in total. The highest BCUT2D eigenvalue weighted by molar-refractivity contribution is 6.52. The second-order valence-corrected chi connectivity index (χ2v) is 13.3. The van der Waals surface area contributed by atoms with Gasteiger partial charge in [-0.05, 0) is 59.9 Å². The van der Waals surface area contributed by atoms with Crippen LogP contribution >= 0.6 is 0 Å². The maximum Gasteiger partial charge on any atom is 0.224 e. The third kappa shape index (κ3) is 2.68. The van der Waals surface area contributed by atoms with Gasteiger partial charge in [-0.25, -0.2) is 0 Å². The fraction of sp³-hybridized carbons (Fsp3) is 0.286. The number of fused-ring (bicyclic) bond motifs is 15. The van der Waals surface area contributed by atoms with Crippen LogP contribution in [0.1, 0.15) is 59.9 Å². The van der Waals surface area contributed by atoms with Gasteiger partial charge >= 0.3 is 0 Å². The van der Waals surface area contributed by atoms with E-state index < -0.39 is 0 Å². The van der Waals surface area contributed by atoms with E-state index in [1.807, 2.05) is 0 Å². The van der Waals surface area contributed by atoms with Gasteiger partial charge in [-0.3, -0.25) is 24.0 Å². The Morgan fingerprint density at radius 2 is 0.422 bits per heavy atom. The first-order chi connectivity index (χ1) is 21.9. The van der Waals surface area contributed by atoms with Gasteiger partial charge in [0.05, 0.1) is 28.4 Å². The Morgan fingerprint density at radius 3 is 0.600 bits per heavy atom. The number of anilines is 5. The maximum absolute atomic E-state index is 13.0. The fourth-order valence-corrected chi connectivity index (χ4v) is 9.53. The number of carbonyl (C=O) groups excluding carboxylic acids is 5. The van der Waals surface area contributed by atoms with Crippen LogP contribution in [0.25, 0.3) is 53.9 Å². The van der Waals surface area contributed by atoms with E-state index in [0.717, 1.165) is 110 Å². The first-order valence-corrected chi connectivity index (χ1v) is 15.8. The van der Waals surface area contributed by atoms with Crippen LogP contribution < -0.4 is 26.6 Å². The van der Waals surface area contributed by atoms with Gasteiger partial charge in [0.15, 0.2) is 0 Å². The molecule has 220 valence electrons. The Bertz CT molecular complexity index is 2080. The summed E-state index contributed by atoms with van der Waals surface area (Å²) < 4.78 is 0. The van der Waals surface area contributed by atoms with Crippen LogP contribution in [0.2, 0.25) is 0 Å². The maximum atomic E-state index is 13.0. The van der Waals surface area contributed by atoms with Crippen LogP contribution in [-0.4, -0.2) is 29.5 Å². The molecule has 45 heavy (non-hydrogen) atoms. The molecule has 5 N–H and O–H groups in total. The van der Waals surface area contributed by atoms with Crippen molar-refractivity contribution >= 4 is 112 Å². The molecule has 0 saturated heterocycles. The van der Waals surface area contributed by atoms with Crippen LogP contribution in [0.4, 0.5) is 28.4 Å². The van der Waals surface area contributed by atoms with Gasteiger partial charge in [0.25, 0.3) is 0 Å². The number of nitrogens with one attached hydrogen (secondary N) is 5. The summed E-state index contributed by atoms with van der Waals surface area (Å²) in [6, 6.07) is 0. The zero-order chi connectivity index (χ0) is 30.0. The van der Waals surface area contributed by atoms with E-state index in [0.29, 0.717) is 64.2 Å². The molecule has 0 unspecified atom stereocenters. The molecule has 0 radical (unpaired) electrons. The zero-order valence-electron chi connectivity index (χ0n) is 24.1. The highest BCUT2D eigenvalue weighted by atomic mass is 16.2.